The van der Waals surface area contributed by atoms with E-state index in [2.05, 4.69) is 9.97 Å². The highest BCUT2D eigenvalue weighted by molar-refractivity contribution is 6.28. The van der Waals surface area contributed by atoms with Gasteiger partial charge >= 0.3 is 5.97 Å². The van der Waals surface area contributed by atoms with Gasteiger partial charge in [0, 0.05) is 12.4 Å². The van der Waals surface area contributed by atoms with E-state index >= 15 is 0 Å². The summed E-state index contributed by atoms with van der Waals surface area (Å²) in [5, 5.41) is 8.62. The van der Waals surface area contributed by atoms with Gasteiger partial charge in [0.1, 0.15) is 11.3 Å². The summed E-state index contributed by atoms with van der Waals surface area (Å²) in [5.74, 6) is -0.949. The van der Waals surface area contributed by atoms with Gasteiger partial charge in [0.05, 0.1) is 5.52 Å². The molecule has 1 N–H and O–H groups in total. The van der Waals surface area contributed by atoms with Crippen LogP contribution in [0.25, 0.3) is 11.0 Å². The minimum absolute atomic E-state index is 0.299. The van der Waals surface area contributed by atoms with E-state index in [1.807, 2.05) is 0 Å². The first kappa shape index (κ1) is 10.6. The molecular formula is C10H7ClN2O3. The second kappa shape index (κ2) is 4.32. The Balaban J connectivity index is 2.41. The first-order chi connectivity index (χ1) is 7.68. The fraction of sp³-hybridized carbons (Fsp3) is 0.100. The Kier molecular flexibility index (Phi) is 2.87. The van der Waals surface area contributed by atoms with Crippen molar-refractivity contribution in [2.75, 3.05) is 0 Å². The number of hydrogen-bond donors (Lipinski definition) is 1. The van der Waals surface area contributed by atoms with E-state index < -0.39 is 11.5 Å². The molecule has 6 heteroatoms. The molecule has 1 aromatic heterocycles. The van der Waals surface area contributed by atoms with Gasteiger partial charge in [0.2, 0.25) is 0 Å². The maximum absolute atomic E-state index is 10.5. The number of hydrogen-bond acceptors (Lipinski definition) is 4. The number of para-hydroxylation sites is 1. The van der Waals surface area contributed by atoms with Crippen LogP contribution in [-0.4, -0.2) is 26.6 Å². The lowest BCUT2D eigenvalue weighted by Gasteiger charge is -2.09. The van der Waals surface area contributed by atoms with Crippen LogP contribution >= 0.6 is 11.6 Å². The number of aliphatic carboxylic acids is 1. The van der Waals surface area contributed by atoms with Crippen LogP contribution in [0.5, 0.6) is 5.75 Å². The number of nitrogens with zero attached hydrogens (tertiary/aromatic N) is 2. The molecule has 5 nitrogen and oxygen atoms in total. The molecule has 0 saturated heterocycles. The minimum atomic E-state index is -1.44. The fourth-order valence-corrected chi connectivity index (χ4v) is 1.32. The maximum Gasteiger partial charge on any atom is 0.360 e. The number of carbonyl (C=O) groups is 1. The summed E-state index contributed by atoms with van der Waals surface area (Å²) in [6, 6.07) is 5.03. The molecule has 0 amide bonds. The minimum Gasteiger partial charge on any atom is -0.478 e. The van der Waals surface area contributed by atoms with Gasteiger partial charge in [0.25, 0.3) is 5.56 Å². The topological polar surface area (TPSA) is 72.3 Å². The number of carboxylic acid groups (broad SMARTS) is 1. The van der Waals surface area contributed by atoms with Gasteiger partial charge < -0.3 is 9.84 Å². The molecule has 1 heterocycles. The molecule has 1 unspecified atom stereocenters. The van der Waals surface area contributed by atoms with Crippen molar-refractivity contribution in [3.63, 3.8) is 0 Å². The van der Waals surface area contributed by atoms with Gasteiger partial charge in [-0.2, -0.15) is 0 Å². The largest absolute Gasteiger partial charge is 0.478 e. The van der Waals surface area contributed by atoms with E-state index in [0.29, 0.717) is 16.8 Å². The summed E-state index contributed by atoms with van der Waals surface area (Å²) in [5.41, 5.74) is -0.334. The van der Waals surface area contributed by atoms with Gasteiger partial charge in [0.15, 0.2) is 0 Å². The van der Waals surface area contributed by atoms with Gasteiger partial charge in [-0.3, -0.25) is 4.98 Å². The molecule has 0 aliphatic heterocycles. The molecule has 82 valence electrons. The summed E-state index contributed by atoms with van der Waals surface area (Å²) < 4.78 is 5.05. The predicted molar refractivity (Wildman–Crippen MR) is 57.4 cm³/mol. The highest BCUT2D eigenvalue weighted by Crippen LogP contribution is 2.23. The van der Waals surface area contributed by atoms with Crippen LogP contribution in [0, 0.1) is 0 Å². The van der Waals surface area contributed by atoms with E-state index in [9.17, 15) is 4.79 Å². The number of benzene rings is 1. The fourth-order valence-electron chi connectivity index (χ4n) is 1.22. The van der Waals surface area contributed by atoms with Gasteiger partial charge in [-0.15, -0.1) is 0 Å². The monoisotopic (exact) mass is 238 g/mol. The second-order valence-corrected chi connectivity index (χ2v) is 3.35. The molecule has 2 aromatic rings. The summed E-state index contributed by atoms with van der Waals surface area (Å²) in [6.45, 7) is 0. The zero-order chi connectivity index (χ0) is 11.5. The number of rotatable bonds is 3. The van der Waals surface area contributed by atoms with Crippen molar-refractivity contribution in [1.29, 1.82) is 0 Å². The van der Waals surface area contributed by atoms with Crippen molar-refractivity contribution in [3.8, 4) is 5.75 Å². The molecular weight excluding hydrogens is 232 g/mol. The Morgan fingerprint density at radius 2 is 2.12 bits per heavy atom. The Morgan fingerprint density at radius 1 is 1.38 bits per heavy atom. The first-order valence-corrected chi connectivity index (χ1v) is 4.85. The van der Waals surface area contributed by atoms with E-state index in [1.165, 1.54) is 6.20 Å². The van der Waals surface area contributed by atoms with Crippen LogP contribution in [0.2, 0.25) is 0 Å². The molecule has 16 heavy (non-hydrogen) atoms. The van der Waals surface area contributed by atoms with Crippen molar-refractivity contribution in [1.82, 2.24) is 9.97 Å². The maximum atomic E-state index is 10.5. The summed E-state index contributed by atoms with van der Waals surface area (Å²) >= 11 is 5.48. The average molecular weight is 239 g/mol. The van der Waals surface area contributed by atoms with Crippen molar-refractivity contribution < 1.29 is 14.6 Å². The number of halogens is 1. The Morgan fingerprint density at radius 3 is 2.88 bits per heavy atom. The van der Waals surface area contributed by atoms with Crippen LogP contribution in [0.3, 0.4) is 0 Å². The lowest BCUT2D eigenvalue weighted by molar-refractivity contribution is -0.141. The Hall–Kier alpha value is -1.88. The van der Waals surface area contributed by atoms with Gasteiger partial charge in [-0.05, 0) is 12.1 Å². The van der Waals surface area contributed by atoms with Crippen molar-refractivity contribution >= 4 is 28.6 Å². The summed E-state index contributed by atoms with van der Waals surface area (Å²) in [4.78, 5) is 18.7. The van der Waals surface area contributed by atoms with Crippen LogP contribution in [0.4, 0.5) is 0 Å². The van der Waals surface area contributed by atoms with E-state index in [-0.39, 0.29) is 0 Å². The molecule has 0 radical (unpaired) electrons. The third-order valence-corrected chi connectivity index (χ3v) is 2.16. The van der Waals surface area contributed by atoms with Crippen molar-refractivity contribution in [2.45, 2.75) is 5.56 Å². The van der Waals surface area contributed by atoms with Crippen LogP contribution < -0.4 is 4.74 Å². The molecule has 0 fully saturated rings. The zero-order valence-corrected chi connectivity index (χ0v) is 8.76. The third kappa shape index (κ3) is 2.04. The Bertz CT molecular complexity index is 527. The van der Waals surface area contributed by atoms with Crippen LogP contribution in [0.1, 0.15) is 0 Å². The third-order valence-electron chi connectivity index (χ3n) is 1.89. The van der Waals surface area contributed by atoms with Crippen LogP contribution in [0.15, 0.2) is 30.6 Å². The standard InChI is InChI=1S/C10H7ClN2O3/c11-9(10(14)15)16-7-3-1-2-6-8(7)13-5-4-12-6/h1-5,9H,(H,14,15). The second-order valence-electron chi connectivity index (χ2n) is 2.95. The molecule has 2 rings (SSSR count). The first-order valence-electron chi connectivity index (χ1n) is 4.42. The highest BCUT2D eigenvalue weighted by atomic mass is 35.5. The van der Waals surface area contributed by atoms with Crippen LogP contribution in [-0.2, 0) is 4.79 Å². The SMILES string of the molecule is O=C(O)C(Cl)Oc1cccc2nccnc12. The van der Waals surface area contributed by atoms with E-state index in [4.69, 9.17) is 21.4 Å². The zero-order valence-electron chi connectivity index (χ0n) is 8.00. The number of aromatic nitrogens is 2. The highest BCUT2D eigenvalue weighted by Gasteiger charge is 2.16. The quantitative estimate of drug-likeness (QED) is 0.824. The van der Waals surface area contributed by atoms with Gasteiger partial charge in [-0.25, -0.2) is 9.78 Å². The number of carboxylic acids is 1. The molecule has 0 bridgehead atoms. The van der Waals surface area contributed by atoms with E-state index in [0.717, 1.165) is 0 Å². The summed E-state index contributed by atoms with van der Waals surface area (Å²) in [6.07, 6.45) is 3.04. The molecule has 0 spiro atoms. The van der Waals surface area contributed by atoms with E-state index in [1.54, 1.807) is 24.4 Å². The lowest BCUT2D eigenvalue weighted by Crippen LogP contribution is -2.20. The molecule has 1 atom stereocenters. The molecule has 0 aliphatic carbocycles. The number of alkyl halides is 1. The number of ether oxygens (including phenoxy) is 1. The average Bonchev–Trinajstić information content (AvgIpc) is 2.29. The Labute approximate surface area is 95.7 Å². The van der Waals surface area contributed by atoms with Crippen molar-refractivity contribution in [3.05, 3.63) is 30.6 Å². The molecule has 1 aromatic carbocycles. The van der Waals surface area contributed by atoms with Gasteiger partial charge in [-0.1, -0.05) is 17.7 Å². The number of fused-ring (bicyclic) bond motifs is 1. The summed E-state index contributed by atoms with van der Waals surface area (Å²) in [7, 11) is 0. The van der Waals surface area contributed by atoms with Crippen molar-refractivity contribution in [2.24, 2.45) is 0 Å². The predicted octanol–water partition coefficient (Wildman–Crippen LogP) is 1.66. The lowest BCUT2D eigenvalue weighted by atomic mass is 10.3. The smallest absolute Gasteiger partial charge is 0.360 e. The molecule has 0 saturated carbocycles. The molecule has 0 aliphatic rings. The normalized spacial score (nSPS) is 12.3.